The summed E-state index contributed by atoms with van der Waals surface area (Å²) in [5.41, 5.74) is 0. The van der Waals surface area contributed by atoms with E-state index in [2.05, 4.69) is 22.9 Å². The van der Waals surface area contributed by atoms with Gasteiger partial charge in [-0.2, -0.15) is 0 Å². The van der Waals surface area contributed by atoms with Crippen LogP contribution in [-0.2, 0) is 38.1 Å². The van der Waals surface area contributed by atoms with Gasteiger partial charge in [0.15, 0.2) is 0 Å². The lowest BCUT2D eigenvalue weighted by molar-refractivity contribution is -0.127. The molecule has 0 aliphatic carbocycles. The fraction of sp³-hybridized carbons (Fsp3) is 0.912. The molecule has 0 aromatic heterocycles. The molecule has 0 bridgehead atoms. The Balaban J connectivity index is 3.29. The van der Waals surface area contributed by atoms with E-state index < -0.39 is 0 Å². The number of carbonyl (C=O) groups excluding carboxylic acids is 3. The van der Waals surface area contributed by atoms with Crippen molar-refractivity contribution in [2.45, 2.75) is 110 Å². The van der Waals surface area contributed by atoms with E-state index in [9.17, 15) is 14.4 Å². The van der Waals surface area contributed by atoms with E-state index in [-0.39, 0.29) is 57.4 Å². The first-order chi connectivity index (χ1) is 22.6. The van der Waals surface area contributed by atoms with Crippen LogP contribution in [0.4, 0.5) is 0 Å². The van der Waals surface area contributed by atoms with Gasteiger partial charge in [-0.1, -0.05) is 96.8 Å². The summed E-state index contributed by atoms with van der Waals surface area (Å²) in [6, 6.07) is 0. The summed E-state index contributed by atoms with van der Waals surface area (Å²) in [7, 11) is 0. The third-order valence-corrected chi connectivity index (χ3v) is 7.16. The molecule has 0 aliphatic heterocycles. The molecule has 0 saturated heterocycles. The van der Waals surface area contributed by atoms with Gasteiger partial charge < -0.3 is 44.7 Å². The third kappa shape index (κ3) is 36.6. The van der Waals surface area contributed by atoms with Gasteiger partial charge in [0.2, 0.25) is 17.7 Å². The zero-order chi connectivity index (χ0) is 33.6. The van der Waals surface area contributed by atoms with Gasteiger partial charge in [-0.15, -0.1) is 0 Å². The van der Waals surface area contributed by atoms with Crippen LogP contribution in [0.1, 0.15) is 110 Å². The van der Waals surface area contributed by atoms with E-state index in [1.54, 1.807) is 0 Å². The number of rotatable bonds is 37. The first-order valence-electron chi connectivity index (χ1n) is 17.9. The summed E-state index contributed by atoms with van der Waals surface area (Å²) in [6.45, 7) is 5.75. The Labute approximate surface area is 278 Å². The Morgan fingerprint density at radius 1 is 0.435 bits per heavy atom. The predicted octanol–water partition coefficient (Wildman–Crippen LogP) is 3.67. The van der Waals surface area contributed by atoms with E-state index in [0.29, 0.717) is 59.1 Å². The first-order valence-corrected chi connectivity index (χ1v) is 17.9. The SMILES string of the molecule is CCCCCCCCCCCCCCCCCC(=O)NCCOCCOCC(=O)NCCOCCOCC(=O)NCCOCCO. The fourth-order valence-electron chi connectivity index (χ4n) is 4.57. The molecule has 0 aliphatic rings. The highest BCUT2D eigenvalue weighted by molar-refractivity contribution is 5.77. The highest BCUT2D eigenvalue weighted by Crippen LogP contribution is 2.13. The van der Waals surface area contributed by atoms with Crippen LogP contribution >= 0.6 is 0 Å². The van der Waals surface area contributed by atoms with Crippen molar-refractivity contribution in [3.8, 4) is 0 Å². The number of amides is 3. The molecule has 0 heterocycles. The molecule has 3 amide bonds. The minimum absolute atomic E-state index is 0.0482. The molecule has 0 radical (unpaired) electrons. The molecule has 272 valence electrons. The number of hydrogen-bond acceptors (Lipinski definition) is 9. The van der Waals surface area contributed by atoms with Crippen LogP contribution in [0.3, 0.4) is 0 Å². The van der Waals surface area contributed by atoms with Crippen LogP contribution in [0.25, 0.3) is 0 Å². The maximum Gasteiger partial charge on any atom is 0.246 e. The summed E-state index contributed by atoms with van der Waals surface area (Å²) in [6.07, 6.45) is 20.3. The summed E-state index contributed by atoms with van der Waals surface area (Å²) < 4.78 is 26.3. The number of unbranched alkanes of at least 4 members (excludes halogenated alkanes) is 14. The molecule has 46 heavy (non-hydrogen) atoms. The number of aliphatic hydroxyl groups excluding tert-OH is 1. The standard InChI is InChI=1S/C34H67N3O9/c1-2-3-4-5-6-7-8-9-10-11-12-13-14-15-16-17-32(39)35-18-23-43-26-28-45-31-34(41)37-20-24-44-27-29-46-30-33(40)36-19-22-42-25-21-38/h38H,2-31H2,1H3,(H,35,39)(H,36,40)(H,37,41). The van der Waals surface area contributed by atoms with Crippen LogP contribution in [-0.4, -0.2) is 115 Å². The highest BCUT2D eigenvalue weighted by Gasteiger charge is 2.04. The predicted molar refractivity (Wildman–Crippen MR) is 180 cm³/mol. The number of aliphatic hydroxyl groups is 1. The van der Waals surface area contributed by atoms with Gasteiger partial charge in [0, 0.05) is 26.1 Å². The number of ether oxygens (including phenoxy) is 5. The lowest BCUT2D eigenvalue weighted by atomic mass is 10.0. The van der Waals surface area contributed by atoms with Crippen LogP contribution in [0, 0.1) is 0 Å². The second-order valence-electron chi connectivity index (χ2n) is 11.4. The Morgan fingerprint density at radius 2 is 0.783 bits per heavy atom. The second-order valence-corrected chi connectivity index (χ2v) is 11.4. The van der Waals surface area contributed by atoms with Gasteiger partial charge in [-0.05, 0) is 6.42 Å². The molecule has 0 atom stereocenters. The molecule has 12 nitrogen and oxygen atoms in total. The smallest absolute Gasteiger partial charge is 0.246 e. The molecule has 0 aromatic rings. The van der Waals surface area contributed by atoms with Gasteiger partial charge in [-0.3, -0.25) is 14.4 Å². The van der Waals surface area contributed by atoms with Crippen LogP contribution in [0.5, 0.6) is 0 Å². The zero-order valence-corrected chi connectivity index (χ0v) is 28.9. The minimum atomic E-state index is -0.252. The Hall–Kier alpha value is -1.83. The van der Waals surface area contributed by atoms with Gasteiger partial charge in [0.05, 0.1) is 59.5 Å². The van der Waals surface area contributed by atoms with Crippen molar-refractivity contribution in [2.75, 3.05) is 92.3 Å². The average molecular weight is 662 g/mol. The van der Waals surface area contributed by atoms with E-state index >= 15 is 0 Å². The Bertz CT molecular complexity index is 686. The van der Waals surface area contributed by atoms with Gasteiger partial charge in [0.1, 0.15) is 13.2 Å². The van der Waals surface area contributed by atoms with E-state index in [0.717, 1.165) is 12.8 Å². The van der Waals surface area contributed by atoms with E-state index in [1.807, 2.05) is 0 Å². The molecule has 0 fully saturated rings. The topological polar surface area (TPSA) is 154 Å². The normalized spacial score (nSPS) is 11.1. The average Bonchev–Trinajstić information content (AvgIpc) is 3.05. The summed E-state index contributed by atoms with van der Waals surface area (Å²) >= 11 is 0. The molecule has 0 spiro atoms. The van der Waals surface area contributed by atoms with Crippen molar-refractivity contribution < 1.29 is 43.2 Å². The lowest BCUT2D eigenvalue weighted by Gasteiger charge is -2.09. The maximum absolute atomic E-state index is 12.0. The number of carbonyl (C=O) groups is 3. The fourth-order valence-corrected chi connectivity index (χ4v) is 4.57. The van der Waals surface area contributed by atoms with Gasteiger partial charge >= 0.3 is 0 Å². The van der Waals surface area contributed by atoms with Gasteiger partial charge in [-0.25, -0.2) is 0 Å². The molecular formula is C34H67N3O9. The van der Waals surface area contributed by atoms with Gasteiger partial charge in [0.25, 0.3) is 0 Å². The van der Waals surface area contributed by atoms with E-state index in [4.69, 9.17) is 28.8 Å². The Kier molecular flexibility index (Phi) is 36.1. The van der Waals surface area contributed by atoms with Crippen LogP contribution < -0.4 is 16.0 Å². The molecule has 12 heteroatoms. The highest BCUT2D eigenvalue weighted by atomic mass is 16.5. The monoisotopic (exact) mass is 661 g/mol. The van der Waals surface area contributed by atoms with E-state index in [1.165, 1.54) is 83.5 Å². The molecule has 0 rings (SSSR count). The summed E-state index contributed by atoms with van der Waals surface area (Å²) in [4.78, 5) is 35.3. The molecule has 4 N–H and O–H groups in total. The lowest BCUT2D eigenvalue weighted by Crippen LogP contribution is -2.32. The van der Waals surface area contributed by atoms with Crippen LogP contribution in [0.2, 0.25) is 0 Å². The third-order valence-electron chi connectivity index (χ3n) is 7.16. The summed E-state index contributed by atoms with van der Waals surface area (Å²) in [5, 5.41) is 16.8. The van der Waals surface area contributed by atoms with Crippen molar-refractivity contribution >= 4 is 17.7 Å². The van der Waals surface area contributed by atoms with Crippen molar-refractivity contribution in [1.82, 2.24) is 16.0 Å². The van der Waals surface area contributed by atoms with Crippen molar-refractivity contribution in [2.24, 2.45) is 0 Å². The number of hydrogen-bond donors (Lipinski definition) is 4. The minimum Gasteiger partial charge on any atom is -0.394 e. The quantitative estimate of drug-likeness (QED) is 0.0731. The largest absolute Gasteiger partial charge is 0.394 e. The molecule has 0 aromatic carbocycles. The maximum atomic E-state index is 12.0. The van der Waals surface area contributed by atoms with Crippen molar-refractivity contribution in [3.63, 3.8) is 0 Å². The van der Waals surface area contributed by atoms with Crippen LogP contribution in [0.15, 0.2) is 0 Å². The first kappa shape index (κ1) is 44.2. The molecule has 0 saturated carbocycles. The molecule has 0 unspecified atom stereocenters. The van der Waals surface area contributed by atoms with Crippen molar-refractivity contribution in [1.29, 1.82) is 0 Å². The summed E-state index contributed by atoms with van der Waals surface area (Å²) in [5.74, 6) is -0.425. The Morgan fingerprint density at radius 3 is 1.20 bits per heavy atom. The number of nitrogens with one attached hydrogen (secondary N) is 3. The van der Waals surface area contributed by atoms with Crippen molar-refractivity contribution in [3.05, 3.63) is 0 Å². The second kappa shape index (κ2) is 37.6. The molecular weight excluding hydrogens is 594 g/mol. The zero-order valence-electron chi connectivity index (χ0n) is 28.9.